The number of hydrogen-bond donors (Lipinski definition) is 2. The van der Waals surface area contributed by atoms with E-state index in [2.05, 4.69) is 10.3 Å². The smallest absolute Gasteiger partial charge is 0.265 e. The van der Waals surface area contributed by atoms with Crippen molar-refractivity contribution in [2.24, 2.45) is 0 Å². The predicted octanol–water partition coefficient (Wildman–Crippen LogP) is 5.31. The molecule has 0 bridgehead atoms. The van der Waals surface area contributed by atoms with Gasteiger partial charge in [-0.15, -0.1) is 11.3 Å². The Kier molecular flexibility index (Phi) is 4.68. The van der Waals surface area contributed by atoms with E-state index in [4.69, 9.17) is 5.73 Å². The Morgan fingerprint density at radius 2 is 1.70 bits per heavy atom. The summed E-state index contributed by atoms with van der Waals surface area (Å²) in [5, 5.41) is 2.93. The first-order chi connectivity index (χ1) is 13.2. The molecule has 5 heteroatoms. The van der Waals surface area contributed by atoms with Crippen molar-refractivity contribution in [1.82, 2.24) is 4.98 Å². The van der Waals surface area contributed by atoms with Crippen molar-refractivity contribution in [2.75, 3.05) is 11.1 Å². The summed E-state index contributed by atoms with van der Waals surface area (Å²) in [6.07, 6.45) is 1.74. The SMILES string of the molecule is Nc1ccc(-c2ccccc2)cc1NC(=O)c1ccc(-c2ccccn2)s1. The van der Waals surface area contributed by atoms with Gasteiger partial charge < -0.3 is 11.1 Å². The van der Waals surface area contributed by atoms with E-state index < -0.39 is 0 Å². The Hall–Kier alpha value is -3.44. The number of carbonyl (C=O) groups excluding carboxylic acids is 1. The Morgan fingerprint density at radius 3 is 2.48 bits per heavy atom. The molecule has 0 atom stereocenters. The normalized spacial score (nSPS) is 10.5. The van der Waals surface area contributed by atoms with Gasteiger partial charge >= 0.3 is 0 Å². The van der Waals surface area contributed by atoms with Crippen LogP contribution >= 0.6 is 11.3 Å². The van der Waals surface area contributed by atoms with E-state index in [1.54, 1.807) is 12.3 Å². The molecule has 2 heterocycles. The fourth-order valence-corrected chi connectivity index (χ4v) is 3.64. The molecule has 0 saturated carbocycles. The summed E-state index contributed by atoms with van der Waals surface area (Å²) < 4.78 is 0. The Morgan fingerprint density at radius 1 is 0.889 bits per heavy atom. The topological polar surface area (TPSA) is 68.0 Å². The number of amides is 1. The third-order valence-corrected chi connectivity index (χ3v) is 5.26. The molecule has 4 rings (SSSR count). The summed E-state index contributed by atoms with van der Waals surface area (Å²) in [6.45, 7) is 0. The van der Waals surface area contributed by atoms with Crippen molar-refractivity contribution < 1.29 is 4.79 Å². The molecule has 0 fully saturated rings. The van der Waals surface area contributed by atoms with Crippen molar-refractivity contribution in [2.45, 2.75) is 0 Å². The van der Waals surface area contributed by atoms with Crippen LogP contribution in [0.3, 0.4) is 0 Å². The van der Waals surface area contributed by atoms with Gasteiger partial charge in [0, 0.05) is 6.20 Å². The van der Waals surface area contributed by atoms with Crippen LogP contribution < -0.4 is 11.1 Å². The highest BCUT2D eigenvalue weighted by Gasteiger charge is 2.13. The van der Waals surface area contributed by atoms with Gasteiger partial charge in [-0.05, 0) is 47.5 Å². The molecule has 4 nitrogen and oxygen atoms in total. The Labute approximate surface area is 161 Å². The first-order valence-corrected chi connectivity index (χ1v) is 9.30. The van der Waals surface area contributed by atoms with E-state index >= 15 is 0 Å². The first-order valence-electron chi connectivity index (χ1n) is 8.48. The molecule has 0 aliphatic heterocycles. The molecule has 27 heavy (non-hydrogen) atoms. The molecule has 0 aliphatic rings. The summed E-state index contributed by atoms with van der Waals surface area (Å²) in [5.41, 5.74) is 10.1. The largest absolute Gasteiger partial charge is 0.397 e. The molecular formula is C22H17N3OS. The van der Waals surface area contributed by atoms with Crippen molar-refractivity contribution in [3.8, 4) is 21.7 Å². The van der Waals surface area contributed by atoms with Gasteiger partial charge in [-0.25, -0.2) is 0 Å². The van der Waals surface area contributed by atoms with Gasteiger partial charge in [0.25, 0.3) is 5.91 Å². The minimum atomic E-state index is -0.181. The van der Waals surface area contributed by atoms with Crippen LogP contribution in [0, 0.1) is 0 Å². The van der Waals surface area contributed by atoms with Crippen LogP contribution in [0.15, 0.2) is 85.1 Å². The Bertz CT molecular complexity index is 1080. The zero-order chi connectivity index (χ0) is 18.6. The van der Waals surface area contributed by atoms with E-state index in [9.17, 15) is 4.79 Å². The van der Waals surface area contributed by atoms with Gasteiger partial charge in [-0.1, -0.05) is 42.5 Å². The van der Waals surface area contributed by atoms with Crippen molar-refractivity contribution in [1.29, 1.82) is 0 Å². The molecule has 0 unspecified atom stereocenters. The maximum atomic E-state index is 12.7. The van der Waals surface area contributed by atoms with Gasteiger partial charge in [-0.2, -0.15) is 0 Å². The first kappa shape index (κ1) is 17.0. The molecule has 132 valence electrons. The lowest BCUT2D eigenvalue weighted by Gasteiger charge is -2.10. The number of rotatable bonds is 4. The van der Waals surface area contributed by atoms with Gasteiger partial charge in [0.2, 0.25) is 0 Å². The molecule has 0 aliphatic carbocycles. The Balaban J connectivity index is 1.57. The zero-order valence-electron chi connectivity index (χ0n) is 14.4. The molecule has 0 spiro atoms. The third-order valence-electron chi connectivity index (χ3n) is 4.16. The van der Waals surface area contributed by atoms with Gasteiger partial charge in [0.15, 0.2) is 0 Å². The van der Waals surface area contributed by atoms with Crippen LogP contribution in [0.25, 0.3) is 21.7 Å². The number of nitrogens with one attached hydrogen (secondary N) is 1. The molecule has 2 aromatic heterocycles. The second-order valence-corrected chi connectivity index (χ2v) is 7.08. The number of nitrogens with two attached hydrogens (primary N) is 1. The molecule has 1 amide bonds. The van der Waals surface area contributed by atoms with E-state index in [1.807, 2.05) is 72.8 Å². The standard InChI is InChI=1S/C22H17N3OS/c23-17-10-9-16(15-6-2-1-3-7-15)14-19(17)25-22(26)21-12-11-20(27-21)18-8-4-5-13-24-18/h1-14H,23H2,(H,25,26). The maximum Gasteiger partial charge on any atom is 0.265 e. The summed E-state index contributed by atoms with van der Waals surface area (Å²) in [5.74, 6) is -0.181. The van der Waals surface area contributed by atoms with Crippen LogP contribution in [0.1, 0.15) is 9.67 Å². The van der Waals surface area contributed by atoms with Crippen LogP contribution in [0.2, 0.25) is 0 Å². The van der Waals surface area contributed by atoms with E-state index in [0.29, 0.717) is 16.3 Å². The number of nitrogen functional groups attached to an aromatic ring is 1. The number of anilines is 2. The average Bonchev–Trinajstić information content (AvgIpc) is 3.21. The molecule has 3 N–H and O–H groups in total. The molecular weight excluding hydrogens is 354 g/mol. The summed E-state index contributed by atoms with van der Waals surface area (Å²) in [4.78, 5) is 18.6. The molecule has 0 radical (unpaired) electrons. The minimum absolute atomic E-state index is 0.181. The van der Waals surface area contributed by atoms with Crippen LogP contribution in [0.5, 0.6) is 0 Å². The van der Waals surface area contributed by atoms with Crippen molar-refractivity contribution >= 4 is 28.6 Å². The minimum Gasteiger partial charge on any atom is -0.397 e. The van der Waals surface area contributed by atoms with Gasteiger partial charge in [0.05, 0.1) is 26.8 Å². The van der Waals surface area contributed by atoms with Crippen LogP contribution in [-0.2, 0) is 0 Å². The van der Waals surface area contributed by atoms with Crippen molar-refractivity contribution in [3.63, 3.8) is 0 Å². The maximum absolute atomic E-state index is 12.7. The number of aromatic nitrogens is 1. The third kappa shape index (κ3) is 3.73. The van der Waals surface area contributed by atoms with E-state index in [-0.39, 0.29) is 5.91 Å². The summed E-state index contributed by atoms with van der Waals surface area (Å²) >= 11 is 1.40. The second-order valence-electron chi connectivity index (χ2n) is 6.00. The molecule has 4 aromatic rings. The van der Waals surface area contributed by atoms with Crippen LogP contribution in [0.4, 0.5) is 11.4 Å². The lowest BCUT2D eigenvalue weighted by atomic mass is 10.0. The number of thiophene rings is 1. The van der Waals surface area contributed by atoms with Crippen LogP contribution in [-0.4, -0.2) is 10.9 Å². The highest BCUT2D eigenvalue weighted by Crippen LogP contribution is 2.30. The molecule has 0 saturated heterocycles. The van der Waals surface area contributed by atoms with E-state index in [1.165, 1.54) is 11.3 Å². The number of pyridine rings is 1. The lowest BCUT2D eigenvalue weighted by Crippen LogP contribution is -2.11. The summed E-state index contributed by atoms with van der Waals surface area (Å²) in [7, 11) is 0. The number of hydrogen-bond acceptors (Lipinski definition) is 4. The zero-order valence-corrected chi connectivity index (χ0v) is 15.2. The fourth-order valence-electron chi connectivity index (χ4n) is 2.76. The van der Waals surface area contributed by atoms with Gasteiger partial charge in [0.1, 0.15) is 0 Å². The number of carbonyl (C=O) groups is 1. The second kappa shape index (κ2) is 7.43. The molecule has 2 aromatic carbocycles. The number of nitrogens with zero attached hydrogens (tertiary/aromatic N) is 1. The number of benzene rings is 2. The summed E-state index contributed by atoms with van der Waals surface area (Å²) in [6, 6.07) is 25.1. The average molecular weight is 371 g/mol. The van der Waals surface area contributed by atoms with E-state index in [0.717, 1.165) is 21.7 Å². The predicted molar refractivity (Wildman–Crippen MR) is 112 cm³/mol. The lowest BCUT2D eigenvalue weighted by molar-refractivity contribution is 0.103. The van der Waals surface area contributed by atoms with Crippen molar-refractivity contribution in [3.05, 3.63) is 89.9 Å². The monoisotopic (exact) mass is 371 g/mol. The quantitative estimate of drug-likeness (QED) is 0.478. The highest BCUT2D eigenvalue weighted by molar-refractivity contribution is 7.17. The fraction of sp³-hybridized carbons (Fsp3) is 0. The van der Waals surface area contributed by atoms with Gasteiger partial charge in [-0.3, -0.25) is 9.78 Å². The highest BCUT2D eigenvalue weighted by atomic mass is 32.1.